The van der Waals surface area contributed by atoms with E-state index in [2.05, 4.69) is 21.9 Å². The fourth-order valence-electron chi connectivity index (χ4n) is 6.16. The molecule has 1 aliphatic heterocycles. The number of aryl methyl sites for hydroxylation is 1. The van der Waals surface area contributed by atoms with Gasteiger partial charge < -0.3 is 14.4 Å². The van der Waals surface area contributed by atoms with Crippen molar-refractivity contribution in [1.82, 2.24) is 19.3 Å². The number of anilines is 1. The van der Waals surface area contributed by atoms with E-state index in [0.29, 0.717) is 25.3 Å². The Hall–Kier alpha value is -3.36. The number of carboxylic acids is 1. The van der Waals surface area contributed by atoms with Gasteiger partial charge in [0.25, 0.3) is 0 Å². The molecule has 1 amide bonds. The molecular formula is C27H33N5O4. The van der Waals surface area contributed by atoms with Crippen molar-refractivity contribution >= 4 is 28.8 Å². The topological polar surface area (TPSA) is 102 Å². The van der Waals surface area contributed by atoms with Gasteiger partial charge in [-0.2, -0.15) is 5.10 Å². The van der Waals surface area contributed by atoms with E-state index in [1.54, 1.807) is 4.90 Å². The zero-order valence-corrected chi connectivity index (χ0v) is 20.9. The number of ether oxygens (including phenoxy) is 1. The van der Waals surface area contributed by atoms with Gasteiger partial charge in [0.05, 0.1) is 42.5 Å². The van der Waals surface area contributed by atoms with Crippen LogP contribution in [0.5, 0.6) is 0 Å². The lowest BCUT2D eigenvalue weighted by atomic mass is 9.86. The molecule has 0 spiro atoms. The highest BCUT2D eigenvalue weighted by atomic mass is 16.5. The second kappa shape index (κ2) is 8.94. The van der Waals surface area contributed by atoms with Crippen molar-refractivity contribution in [3.8, 4) is 0 Å². The monoisotopic (exact) mass is 491 g/mol. The summed E-state index contributed by atoms with van der Waals surface area (Å²) in [5.41, 5.74) is 5.22. The molecule has 0 saturated heterocycles. The van der Waals surface area contributed by atoms with Gasteiger partial charge in [-0.05, 0) is 81.9 Å². The molecular weight excluding hydrogens is 458 g/mol. The lowest BCUT2D eigenvalue weighted by Crippen LogP contribution is -2.42. The first kappa shape index (κ1) is 23.1. The van der Waals surface area contributed by atoms with E-state index in [4.69, 9.17) is 9.72 Å². The highest BCUT2D eigenvalue weighted by Gasteiger charge is 2.34. The molecule has 2 aliphatic carbocycles. The Kier molecular flexibility index (Phi) is 5.73. The van der Waals surface area contributed by atoms with Gasteiger partial charge >= 0.3 is 12.1 Å². The first-order valence-electron chi connectivity index (χ1n) is 13.1. The predicted molar refractivity (Wildman–Crippen MR) is 134 cm³/mol. The summed E-state index contributed by atoms with van der Waals surface area (Å²) >= 11 is 0. The number of carbonyl (C=O) groups is 2. The fraction of sp³-hybridized carbons (Fsp3) is 0.556. The molecule has 9 nitrogen and oxygen atoms in total. The molecule has 3 aliphatic rings. The van der Waals surface area contributed by atoms with Crippen molar-refractivity contribution in [3.05, 3.63) is 41.5 Å². The molecule has 0 radical (unpaired) electrons. The molecule has 2 saturated carbocycles. The van der Waals surface area contributed by atoms with E-state index >= 15 is 0 Å². The summed E-state index contributed by atoms with van der Waals surface area (Å²) < 4.78 is 9.39. The molecule has 2 fully saturated rings. The first-order valence-corrected chi connectivity index (χ1v) is 13.1. The Morgan fingerprint density at radius 2 is 1.89 bits per heavy atom. The number of amides is 1. The summed E-state index contributed by atoms with van der Waals surface area (Å²) in [7, 11) is 1.42. The highest BCUT2D eigenvalue weighted by molar-refractivity contribution is 5.95. The Labute approximate surface area is 210 Å². The Bertz CT molecular complexity index is 1320. The van der Waals surface area contributed by atoms with Gasteiger partial charge in [-0.25, -0.2) is 9.78 Å². The molecule has 0 bridgehead atoms. The van der Waals surface area contributed by atoms with Crippen LogP contribution in [-0.4, -0.2) is 49.7 Å². The quantitative estimate of drug-likeness (QED) is 0.546. The molecule has 1 aromatic carbocycles. The van der Waals surface area contributed by atoms with Gasteiger partial charge in [0.1, 0.15) is 5.82 Å². The number of carboxylic acid groups (broad SMARTS) is 1. The van der Waals surface area contributed by atoms with Crippen molar-refractivity contribution in [2.24, 2.45) is 5.92 Å². The number of aliphatic carboxylic acids is 1. The number of hydrogen-bond acceptors (Lipinski definition) is 5. The van der Waals surface area contributed by atoms with Gasteiger partial charge in [-0.1, -0.05) is 0 Å². The van der Waals surface area contributed by atoms with Crippen LogP contribution in [0.1, 0.15) is 80.8 Å². The van der Waals surface area contributed by atoms with Crippen molar-refractivity contribution in [2.45, 2.75) is 82.8 Å². The molecule has 6 rings (SSSR count). The lowest BCUT2D eigenvalue weighted by molar-refractivity contribution is -0.143. The zero-order valence-electron chi connectivity index (χ0n) is 20.9. The average molecular weight is 492 g/mol. The van der Waals surface area contributed by atoms with Gasteiger partial charge in [-0.15, -0.1) is 0 Å². The van der Waals surface area contributed by atoms with Crippen LogP contribution in [0.15, 0.2) is 24.5 Å². The molecule has 2 aromatic heterocycles. The van der Waals surface area contributed by atoms with Gasteiger partial charge in [-0.3, -0.25) is 14.4 Å². The van der Waals surface area contributed by atoms with Crippen LogP contribution in [0.2, 0.25) is 0 Å². The molecule has 36 heavy (non-hydrogen) atoms. The van der Waals surface area contributed by atoms with Crippen LogP contribution >= 0.6 is 0 Å². The molecule has 1 unspecified atom stereocenters. The van der Waals surface area contributed by atoms with Crippen LogP contribution in [0, 0.1) is 5.92 Å². The van der Waals surface area contributed by atoms with Crippen molar-refractivity contribution in [3.63, 3.8) is 0 Å². The minimum absolute atomic E-state index is 0.0557. The third-order valence-electron chi connectivity index (χ3n) is 8.32. The van der Waals surface area contributed by atoms with Gasteiger partial charge in [0.15, 0.2) is 0 Å². The number of hydrogen-bond donors (Lipinski definition) is 1. The van der Waals surface area contributed by atoms with Crippen LogP contribution in [0.4, 0.5) is 10.5 Å². The maximum Gasteiger partial charge on any atom is 0.414 e. The molecule has 1 N–H and O–H groups in total. The van der Waals surface area contributed by atoms with Gasteiger partial charge in [0, 0.05) is 23.8 Å². The lowest BCUT2D eigenvalue weighted by Gasteiger charge is -2.34. The first-order chi connectivity index (χ1) is 17.4. The molecule has 3 heterocycles. The third kappa shape index (κ3) is 3.94. The van der Waals surface area contributed by atoms with Crippen molar-refractivity contribution < 1.29 is 19.4 Å². The summed E-state index contributed by atoms with van der Waals surface area (Å²) in [4.78, 5) is 31.1. The zero-order chi connectivity index (χ0) is 25.0. The molecule has 1 atom stereocenters. The van der Waals surface area contributed by atoms with Crippen molar-refractivity contribution in [2.75, 3.05) is 12.0 Å². The number of benzene rings is 1. The molecule has 9 heteroatoms. The second-order valence-corrected chi connectivity index (χ2v) is 10.6. The SMILES string of the molecule is COC(=O)N1c2ccc3c(nc(Cn4cc(C5CC5)cn4)n3C3CCC(C(=O)O)CC3)c2CCC1C. The number of carbonyl (C=O) groups excluding carboxylic acids is 1. The van der Waals surface area contributed by atoms with Crippen LogP contribution in [-0.2, 0) is 22.5 Å². The van der Waals surface area contributed by atoms with Gasteiger partial charge in [0.2, 0.25) is 0 Å². The summed E-state index contributed by atoms with van der Waals surface area (Å²) in [6.45, 7) is 2.61. The third-order valence-corrected chi connectivity index (χ3v) is 8.32. The second-order valence-electron chi connectivity index (χ2n) is 10.6. The van der Waals surface area contributed by atoms with E-state index in [9.17, 15) is 14.7 Å². The number of fused-ring (bicyclic) bond motifs is 3. The van der Waals surface area contributed by atoms with E-state index in [1.165, 1.54) is 25.5 Å². The van der Waals surface area contributed by atoms with E-state index in [-0.39, 0.29) is 24.1 Å². The minimum Gasteiger partial charge on any atom is -0.481 e. The predicted octanol–water partition coefficient (Wildman–Crippen LogP) is 4.88. The summed E-state index contributed by atoms with van der Waals surface area (Å²) in [5, 5.41) is 14.1. The normalized spacial score (nSPS) is 24.1. The van der Waals surface area contributed by atoms with E-state index in [1.807, 2.05) is 23.9 Å². The standard InChI is InChI=1S/C27H33N5O4/c1-16-3-10-21-22(31(16)27(35)36-2)11-12-23-25(21)29-24(15-30-14-19(13-28-30)17-4-5-17)32(23)20-8-6-18(7-9-20)26(33)34/h11-14,16-18,20H,3-10,15H2,1-2H3,(H,33,34). The maximum atomic E-state index is 12.6. The number of methoxy groups -OCH3 is 1. The minimum atomic E-state index is -0.695. The number of rotatable bonds is 5. The largest absolute Gasteiger partial charge is 0.481 e. The highest BCUT2D eigenvalue weighted by Crippen LogP contribution is 2.41. The number of nitrogens with zero attached hydrogens (tertiary/aromatic N) is 5. The Morgan fingerprint density at radius 3 is 2.58 bits per heavy atom. The van der Waals surface area contributed by atoms with Crippen LogP contribution < -0.4 is 4.90 Å². The van der Waals surface area contributed by atoms with E-state index in [0.717, 1.165) is 53.8 Å². The molecule has 190 valence electrons. The summed E-state index contributed by atoms with van der Waals surface area (Å²) in [6.07, 6.45) is 10.9. The van der Waals surface area contributed by atoms with Crippen LogP contribution in [0.3, 0.4) is 0 Å². The Morgan fingerprint density at radius 1 is 1.11 bits per heavy atom. The fourth-order valence-corrected chi connectivity index (χ4v) is 6.16. The molecule has 3 aromatic rings. The average Bonchev–Trinajstić information content (AvgIpc) is 3.52. The van der Waals surface area contributed by atoms with Crippen molar-refractivity contribution in [1.29, 1.82) is 0 Å². The summed E-state index contributed by atoms with van der Waals surface area (Å²) in [6, 6.07) is 4.34. The number of imidazole rings is 1. The summed E-state index contributed by atoms with van der Waals surface area (Å²) in [5.74, 6) is 0.613. The maximum absolute atomic E-state index is 12.6. The smallest absolute Gasteiger partial charge is 0.414 e. The number of aromatic nitrogens is 4. The van der Waals surface area contributed by atoms with E-state index < -0.39 is 5.97 Å². The van der Waals surface area contributed by atoms with Crippen LogP contribution in [0.25, 0.3) is 11.0 Å². The Balaban J connectivity index is 1.43.